The van der Waals surface area contributed by atoms with E-state index in [0.717, 1.165) is 6.54 Å². The number of ether oxygens (including phenoxy) is 3. The van der Waals surface area contributed by atoms with Crippen molar-refractivity contribution in [2.75, 3.05) is 51.7 Å². The zero-order chi connectivity index (χ0) is 14.1. The second-order valence-corrected chi connectivity index (χ2v) is 3.83. The van der Waals surface area contributed by atoms with Crippen molar-refractivity contribution in [1.29, 1.82) is 0 Å². The maximum Gasteiger partial charge on any atom is 0.204 e. The summed E-state index contributed by atoms with van der Waals surface area (Å²) in [6.07, 6.45) is 1.44. The molecular formula is C12H22N4O3. The number of methoxy groups -OCH3 is 3. The van der Waals surface area contributed by atoms with Gasteiger partial charge >= 0.3 is 0 Å². The minimum Gasteiger partial charge on any atom is -0.490 e. The molecule has 0 aromatic carbocycles. The molecule has 2 N–H and O–H groups in total. The van der Waals surface area contributed by atoms with Crippen LogP contribution in [-0.4, -0.2) is 57.1 Å². The van der Waals surface area contributed by atoms with Crippen molar-refractivity contribution in [3.05, 3.63) is 6.33 Å². The highest BCUT2D eigenvalue weighted by Crippen LogP contribution is 2.28. The van der Waals surface area contributed by atoms with Gasteiger partial charge in [-0.05, 0) is 6.92 Å². The fourth-order valence-corrected chi connectivity index (χ4v) is 1.59. The molecule has 0 spiro atoms. The standard InChI is InChI=1S/C12H22N4O3/c1-5-13-11-10(19-4)12(16-8-15-11)14-6-9(18-3)7-17-2/h8-9H,5-7H2,1-4H3,(H2,13,14,15,16). The molecular weight excluding hydrogens is 248 g/mol. The van der Waals surface area contributed by atoms with Gasteiger partial charge in [0, 0.05) is 27.3 Å². The smallest absolute Gasteiger partial charge is 0.204 e. The monoisotopic (exact) mass is 270 g/mol. The van der Waals surface area contributed by atoms with Crippen LogP contribution in [0.15, 0.2) is 6.33 Å². The molecule has 0 amide bonds. The molecule has 7 heteroatoms. The lowest BCUT2D eigenvalue weighted by Crippen LogP contribution is -2.27. The Kier molecular flexibility index (Phi) is 6.91. The molecule has 1 aromatic rings. The SMILES string of the molecule is CCNc1ncnc(NCC(COC)OC)c1OC. The first-order chi connectivity index (χ1) is 9.26. The van der Waals surface area contributed by atoms with E-state index in [1.807, 2.05) is 6.92 Å². The average molecular weight is 270 g/mol. The number of hydrogen-bond acceptors (Lipinski definition) is 7. The zero-order valence-corrected chi connectivity index (χ0v) is 11.9. The highest BCUT2D eigenvalue weighted by Gasteiger charge is 2.13. The van der Waals surface area contributed by atoms with Crippen LogP contribution in [0.25, 0.3) is 0 Å². The van der Waals surface area contributed by atoms with E-state index in [0.29, 0.717) is 30.5 Å². The van der Waals surface area contributed by atoms with Crippen molar-refractivity contribution in [3.63, 3.8) is 0 Å². The molecule has 0 fully saturated rings. The molecule has 0 bridgehead atoms. The predicted octanol–water partition coefficient (Wildman–Crippen LogP) is 0.990. The van der Waals surface area contributed by atoms with Crippen LogP contribution in [0.2, 0.25) is 0 Å². The van der Waals surface area contributed by atoms with E-state index < -0.39 is 0 Å². The molecule has 0 saturated carbocycles. The fourth-order valence-electron chi connectivity index (χ4n) is 1.59. The van der Waals surface area contributed by atoms with Gasteiger partial charge in [0.1, 0.15) is 6.33 Å². The largest absolute Gasteiger partial charge is 0.490 e. The summed E-state index contributed by atoms with van der Waals surface area (Å²) in [5.74, 6) is 1.89. The van der Waals surface area contributed by atoms with E-state index in [-0.39, 0.29) is 6.10 Å². The number of aromatic nitrogens is 2. The molecule has 0 aliphatic heterocycles. The Labute approximate surface area is 113 Å². The van der Waals surface area contributed by atoms with Crippen LogP contribution in [-0.2, 0) is 9.47 Å². The van der Waals surface area contributed by atoms with Crippen molar-refractivity contribution in [3.8, 4) is 5.75 Å². The van der Waals surface area contributed by atoms with Gasteiger partial charge in [-0.15, -0.1) is 0 Å². The molecule has 0 aliphatic carbocycles. The first kappa shape index (κ1) is 15.5. The van der Waals surface area contributed by atoms with Gasteiger partial charge in [0.25, 0.3) is 0 Å². The lowest BCUT2D eigenvalue weighted by Gasteiger charge is -2.17. The third-order valence-electron chi connectivity index (χ3n) is 2.54. The average Bonchev–Trinajstić information content (AvgIpc) is 2.44. The molecule has 7 nitrogen and oxygen atoms in total. The van der Waals surface area contributed by atoms with Crippen molar-refractivity contribution in [2.45, 2.75) is 13.0 Å². The van der Waals surface area contributed by atoms with E-state index in [1.54, 1.807) is 21.3 Å². The van der Waals surface area contributed by atoms with E-state index >= 15 is 0 Å². The van der Waals surface area contributed by atoms with Gasteiger partial charge in [0.2, 0.25) is 5.75 Å². The minimum atomic E-state index is -0.0488. The molecule has 19 heavy (non-hydrogen) atoms. The molecule has 108 valence electrons. The van der Waals surface area contributed by atoms with Gasteiger partial charge in [0.15, 0.2) is 11.6 Å². The lowest BCUT2D eigenvalue weighted by molar-refractivity contribution is 0.0365. The first-order valence-electron chi connectivity index (χ1n) is 6.15. The van der Waals surface area contributed by atoms with E-state index in [2.05, 4.69) is 20.6 Å². The summed E-state index contributed by atoms with van der Waals surface area (Å²) in [6.45, 7) is 3.84. The maximum absolute atomic E-state index is 5.33. The number of anilines is 2. The first-order valence-corrected chi connectivity index (χ1v) is 6.15. The summed E-state index contributed by atoms with van der Waals surface area (Å²) in [6, 6.07) is 0. The van der Waals surface area contributed by atoms with Crippen LogP contribution in [0.4, 0.5) is 11.6 Å². The molecule has 0 saturated heterocycles. The fraction of sp³-hybridized carbons (Fsp3) is 0.667. The molecule has 1 aromatic heterocycles. The highest BCUT2D eigenvalue weighted by molar-refractivity contribution is 5.63. The topological polar surface area (TPSA) is 77.5 Å². The van der Waals surface area contributed by atoms with E-state index in [4.69, 9.17) is 14.2 Å². The number of nitrogens with zero attached hydrogens (tertiary/aromatic N) is 2. The van der Waals surface area contributed by atoms with Crippen molar-refractivity contribution < 1.29 is 14.2 Å². The van der Waals surface area contributed by atoms with Gasteiger partial charge in [-0.25, -0.2) is 9.97 Å². The van der Waals surface area contributed by atoms with Crippen molar-refractivity contribution >= 4 is 11.6 Å². The van der Waals surface area contributed by atoms with E-state index in [9.17, 15) is 0 Å². The Hall–Kier alpha value is -1.60. The zero-order valence-electron chi connectivity index (χ0n) is 11.9. The Morgan fingerprint density at radius 1 is 1.16 bits per heavy atom. The highest BCUT2D eigenvalue weighted by atomic mass is 16.5. The number of rotatable bonds is 9. The molecule has 0 radical (unpaired) electrons. The van der Waals surface area contributed by atoms with Crippen LogP contribution in [0.1, 0.15) is 6.92 Å². The van der Waals surface area contributed by atoms with E-state index in [1.165, 1.54) is 6.33 Å². The third-order valence-corrected chi connectivity index (χ3v) is 2.54. The summed E-state index contributed by atoms with van der Waals surface area (Å²) in [7, 11) is 4.88. The summed E-state index contributed by atoms with van der Waals surface area (Å²) < 4.78 is 15.7. The molecule has 1 unspecified atom stereocenters. The number of hydrogen-bond donors (Lipinski definition) is 2. The van der Waals surface area contributed by atoms with Crippen LogP contribution in [0.5, 0.6) is 5.75 Å². The van der Waals surface area contributed by atoms with Crippen LogP contribution in [0.3, 0.4) is 0 Å². The lowest BCUT2D eigenvalue weighted by atomic mass is 10.3. The Balaban J connectivity index is 2.74. The molecule has 1 rings (SSSR count). The van der Waals surface area contributed by atoms with Gasteiger partial charge in [-0.1, -0.05) is 0 Å². The summed E-state index contributed by atoms with van der Waals surface area (Å²) in [5.41, 5.74) is 0. The summed E-state index contributed by atoms with van der Waals surface area (Å²) in [4.78, 5) is 8.32. The van der Waals surface area contributed by atoms with Crippen LogP contribution < -0.4 is 15.4 Å². The van der Waals surface area contributed by atoms with Crippen molar-refractivity contribution in [1.82, 2.24) is 9.97 Å². The molecule has 0 aliphatic rings. The van der Waals surface area contributed by atoms with Gasteiger partial charge in [-0.3, -0.25) is 0 Å². The maximum atomic E-state index is 5.33. The predicted molar refractivity (Wildman–Crippen MR) is 73.9 cm³/mol. The van der Waals surface area contributed by atoms with Gasteiger partial charge in [0.05, 0.1) is 19.8 Å². The second kappa shape index (κ2) is 8.49. The van der Waals surface area contributed by atoms with Gasteiger partial charge in [-0.2, -0.15) is 0 Å². The quantitative estimate of drug-likeness (QED) is 0.693. The normalized spacial score (nSPS) is 12.0. The molecule has 1 atom stereocenters. The summed E-state index contributed by atoms with van der Waals surface area (Å²) in [5, 5.41) is 6.30. The Bertz CT molecular complexity index is 376. The second-order valence-electron chi connectivity index (χ2n) is 3.83. The van der Waals surface area contributed by atoms with Crippen LogP contribution >= 0.6 is 0 Å². The Morgan fingerprint density at radius 2 is 1.84 bits per heavy atom. The third kappa shape index (κ3) is 4.53. The Morgan fingerprint density at radius 3 is 2.37 bits per heavy atom. The summed E-state index contributed by atoms with van der Waals surface area (Å²) >= 11 is 0. The van der Waals surface area contributed by atoms with Gasteiger partial charge < -0.3 is 24.8 Å². The number of nitrogens with one attached hydrogen (secondary N) is 2. The minimum absolute atomic E-state index is 0.0488. The van der Waals surface area contributed by atoms with Crippen molar-refractivity contribution in [2.24, 2.45) is 0 Å². The molecule has 1 heterocycles. The van der Waals surface area contributed by atoms with Crippen LogP contribution in [0, 0.1) is 0 Å².